The van der Waals surface area contributed by atoms with Crippen molar-refractivity contribution in [3.63, 3.8) is 0 Å². The quantitative estimate of drug-likeness (QED) is 0.221. The minimum absolute atomic E-state index is 0.0451. The first-order valence-electron chi connectivity index (χ1n) is 12.8. The van der Waals surface area contributed by atoms with E-state index >= 15 is 0 Å². The number of carbonyl (C=O) groups excluding carboxylic acids is 3. The molecular formula is C29H30N6O7S. The van der Waals surface area contributed by atoms with Crippen molar-refractivity contribution in [2.75, 3.05) is 19.5 Å². The highest BCUT2D eigenvalue weighted by atomic mass is 32.2. The van der Waals surface area contributed by atoms with Crippen LogP contribution in [0.15, 0.2) is 76.8 Å². The van der Waals surface area contributed by atoms with Crippen LogP contribution < -0.4 is 16.2 Å². The summed E-state index contributed by atoms with van der Waals surface area (Å²) in [5.74, 6) is -1.62. The molecule has 3 amide bonds. The number of nitrogens with one attached hydrogen (secondary N) is 2. The van der Waals surface area contributed by atoms with Crippen molar-refractivity contribution in [2.24, 2.45) is 16.0 Å². The Morgan fingerprint density at radius 3 is 2.47 bits per heavy atom. The molecule has 0 aromatic heterocycles. The summed E-state index contributed by atoms with van der Waals surface area (Å²) in [6.07, 6.45) is -1.61. The van der Waals surface area contributed by atoms with E-state index < -0.39 is 40.0 Å². The lowest BCUT2D eigenvalue weighted by atomic mass is 9.89. The summed E-state index contributed by atoms with van der Waals surface area (Å²) in [7, 11) is -1.65. The standard InChI is InChI=1S/C29H30N6O7S/c1-17-13-18(21-9-4-5-10-24(21)43(32,39)40)11-12-22(17)33-27(37)29(16-25(36)35(2)28(38)41-3)15-23(34-42-29)19-7-6-8-20(14-19)26(30)31/h4-14H,15-16H2,1-3H3,(H3,30,31)(H,33,37)(H2,32,39,40). The number of aryl methyl sites for hydroxylation is 1. The van der Waals surface area contributed by atoms with Crippen LogP contribution in [0.1, 0.15) is 29.5 Å². The van der Waals surface area contributed by atoms with Gasteiger partial charge in [0.25, 0.3) is 5.91 Å². The lowest BCUT2D eigenvalue weighted by Gasteiger charge is -2.27. The number of methoxy groups -OCH3 is 1. The van der Waals surface area contributed by atoms with Gasteiger partial charge in [-0.1, -0.05) is 47.6 Å². The van der Waals surface area contributed by atoms with Crippen molar-refractivity contribution in [3.05, 3.63) is 83.4 Å². The van der Waals surface area contributed by atoms with Crippen LogP contribution in [0.2, 0.25) is 0 Å². The van der Waals surface area contributed by atoms with Gasteiger partial charge < -0.3 is 20.6 Å². The third-order valence-corrected chi connectivity index (χ3v) is 7.91. The Hall–Kier alpha value is -5.08. The number of imide groups is 1. The molecule has 1 aliphatic heterocycles. The summed E-state index contributed by atoms with van der Waals surface area (Å²) >= 11 is 0. The van der Waals surface area contributed by atoms with E-state index in [2.05, 4.69) is 15.2 Å². The van der Waals surface area contributed by atoms with E-state index in [1.54, 1.807) is 67.6 Å². The van der Waals surface area contributed by atoms with Crippen molar-refractivity contribution in [1.29, 1.82) is 5.41 Å². The van der Waals surface area contributed by atoms with Gasteiger partial charge in [-0.3, -0.25) is 19.9 Å². The van der Waals surface area contributed by atoms with Crippen molar-refractivity contribution in [2.45, 2.75) is 30.3 Å². The number of carbonyl (C=O) groups is 3. The Bertz CT molecular complexity index is 1770. The minimum Gasteiger partial charge on any atom is -0.452 e. The van der Waals surface area contributed by atoms with E-state index in [0.717, 1.165) is 12.0 Å². The van der Waals surface area contributed by atoms with Crippen LogP contribution in [0.5, 0.6) is 0 Å². The molecule has 3 aromatic rings. The molecule has 0 saturated carbocycles. The van der Waals surface area contributed by atoms with E-state index in [-0.39, 0.29) is 17.2 Å². The molecule has 1 aliphatic rings. The summed E-state index contributed by atoms with van der Waals surface area (Å²) in [4.78, 5) is 45.2. The fourth-order valence-electron chi connectivity index (χ4n) is 4.56. The molecule has 0 spiro atoms. The lowest BCUT2D eigenvalue weighted by molar-refractivity contribution is -0.147. The molecule has 0 fully saturated rings. The zero-order chi connectivity index (χ0) is 31.5. The highest BCUT2D eigenvalue weighted by Crippen LogP contribution is 2.34. The number of hydrogen-bond acceptors (Lipinski definition) is 9. The van der Waals surface area contributed by atoms with Gasteiger partial charge in [-0.2, -0.15) is 0 Å². The van der Waals surface area contributed by atoms with Gasteiger partial charge in [0.2, 0.25) is 21.5 Å². The van der Waals surface area contributed by atoms with Gasteiger partial charge in [-0.25, -0.2) is 18.4 Å². The number of anilines is 1. The number of rotatable bonds is 8. The molecule has 3 aromatic carbocycles. The molecule has 0 radical (unpaired) electrons. The molecule has 224 valence electrons. The average molecular weight is 607 g/mol. The first-order valence-corrected chi connectivity index (χ1v) is 14.4. The molecule has 0 saturated heterocycles. The van der Waals surface area contributed by atoms with Crippen LogP contribution in [0.4, 0.5) is 10.5 Å². The molecule has 1 heterocycles. The summed E-state index contributed by atoms with van der Waals surface area (Å²) < 4.78 is 28.8. The number of amidine groups is 1. The van der Waals surface area contributed by atoms with E-state index in [4.69, 9.17) is 21.1 Å². The van der Waals surface area contributed by atoms with Crippen LogP contribution in [-0.4, -0.2) is 62.5 Å². The monoisotopic (exact) mass is 606 g/mol. The van der Waals surface area contributed by atoms with Crippen molar-refractivity contribution < 1.29 is 32.4 Å². The number of oxime groups is 1. The predicted molar refractivity (Wildman–Crippen MR) is 159 cm³/mol. The summed E-state index contributed by atoms with van der Waals surface area (Å²) in [6.45, 7) is 1.71. The SMILES string of the molecule is COC(=O)N(C)C(=O)CC1(C(=O)Nc2ccc(-c3ccccc3S(N)(=O)=O)cc2C)CC(c2cccc(C(=N)N)c2)=NO1. The van der Waals surface area contributed by atoms with E-state index in [0.29, 0.717) is 39.2 Å². The topological polar surface area (TPSA) is 207 Å². The van der Waals surface area contributed by atoms with Gasteiger partial charge in [0.1, 0.15) is 5.84 Å². The maximum Gasteiger partial charge on any atom is 0.415 e. The van der Waals surface area contributed by atoms with Crippen LogP contribution in [0.25, 0.3) is 11.1 Å². The fraction of sp³-hybridized carbons (Fsp3) is 0.207. The number of amides is 3. The van der Waals surface area contributed by atoms with Gasteiger partial charge in [0.05, 0.1) is 24.1 Å². The average Bonchev–Trinajstić information content (AvgIpc) is 3.42. The molecule has 43 heavy (non-hydrogen) atoms. The summed E-state index contributed by atoms with van der Waals surface area (Å²) in [5.41, 5.74) is 6.97. The molecule has 4 rings (SSSR count). The van der Waals surface area contributed by atoms with Crippen LogP contribution >= 0.6 is 0 Å². The molecule has 0 bridgehead atoms. The lowest BCUT2D eigenvalue weighted by Crippen LogP contribution is -2.48. The summed E-state index contributed by atoms with van der Waals surface area (Å²) in [6, 6.07) is 17.8. The smallest absolute Gasteiger partial charge is 0.415 e. The summed E-state index contributed by atoms with van der Waals surface area (Å²) in [5, 5.41) is 20.0. The third-order valence-electron chi connectivity index (χ3n) is 6.94. The number of ether oxygens (including phenoxy) is 1. The van der Waals surface area contributed by atoms with Gasteiger partial charge in [0, 0.05) is 35.8 Å². The predicted octanol–water partition coefficient (Wildman–Crippen LogP) is 2.71. The fourth-order valence-corrected chi connectivity index (χ4v) is 5.32. The highest BCUT2D eigenvalue weighted by molar-refractivity contribution is 7.89. The van der Waals surface area contributed by atoms with Crippen LogP contribution in [0.3, 0.4) is 0 Å². The maximum absolute atomic E-state index is 13.8. The second-order valence-corrected chi connectivity index (χ2v) is 11.4. The zero-order valence-corrected chi connectivity index (χ0v) is 24.4. The highest BCUT2D eigenvalue weighted by Gasteiger charge is 2.49. The second kappa shape index (κ2) is 12.0. The molecule has 6 N–H and O–H groups in total. The number of benzene rings is 3. The Morgan fingerprint density at radius 1 is 1.09 bits per heavy atom. The van der Waals surface area contributed by atoms with Crippen LogP contribution in [0, 0.1) is 12.3 Å². The zero-order valence-electron chi connectivity index (χ0n) is 23.6. The maximum atomic E-state index is 13.8. The molecule has 0 aliphatic carbocycles. The van der Waals surface area contributed by atoms with E-state index in [9.17, 15) is 22.8 Å². The number of nitrogens with two attached hydrogens (primary N) is 2. The van der Waals surface area contributed by atoms with Gasteiger partial charge in [0.15, 0.2) is 0 Å². The third kappa shape index (κ3) is 6.55. The number of sulfonamides is 1. The second-order valence-electron chi connectivity index (χ2n) is 9.92. The van der Waals surface area contributed by atoms with Crippen molar-refractivity contribution in [3.8, 4) is 11.1 Å². The minimum atomic E-state index is -3.99. The molecular weight excluding hydrogens is 576 g/mol. The largest absolute Gasteiger partial charge is 0.452 e. The molecule has 13 nitrogen and oxygen atoms in total. The van der Waals surface area contributed by atoms with Gasteiger partial charge in [-0.05, 0) is 42.3 Å². The number of hydrogen-bond donors (Lipinski definition) is 4. The van der Waals surface area contributed by atoms with Crippen molar-refractivity contribution in [1.82, 2.24) is 4.90 Å². The molecule has 14 heteroatoms. The van der Waals surface area contributed by atoms with E-state index in [1.807, 2.05) is 0 Å². The first-order chi connectivity index (χ1) is 20.3. The van der Waals surface area contributed by atoms with Crippen molar-refractivity contribution >= 4 is 45.2 Å². The van der Waals surface area contributed by atoms with E-state index in [1.165, 1.54) is 13.1 Å². The number of nitrogen functional groups attached to an aromatic ring is 1. The van der Waals surface area contributed by atoms with Crippen LogP contribution in [-0.2, 0) is 29.2 Å². The Kier molecular flexibility index (Phi) is 8.64. The molecule has 1 unspecified atom stereocenters. The normalized spacial score (nSPS) is 16.0. The Balaban J connectivity index is 1.65. The van der Waals surface area contributed by atoms with Gasteiger partial charge in [-0.15, -0.1) is 0 Å². The number of nitrogens with zero attached hydrogens (tertiary/aromatic N) is 2. The van der Waals surface area contributed by atoms with Gasteiger partial charge >= 0.3 is 6.09 Å². The Morgan fingerprint density at radius 2 is 1.81 bits per heavy atom. The Labute approximate surface area is 248 Å². The number of primary sulfonamides is 1. The molecule has 1 atom stereocenters. The first kappa shape index (κ1) is 30.9.